The number of esters is 1. The van der Waals surface area contributed by atoms with Gasteiger partial charge in [-0.05, 0) is 33.3 Å². The van der Waals surface area contributed by atoms with Crippen LogP contribution in [0.5, 0.6) is 0 Å². The highest BCUT2D eigenvalue weighted by Gasteiger charge is 2.24. The summed E-state index contributed by atoms with van der Waals surface area (Å²) in [6.45, 7) is 7.64. The van der Waals surface area contributed by atoms with Gasteiger partial charge in [-0.25, -0.2) is 14.2 Å². The van der Waals surface area contributed by atoms with Crippen LogP contribution < -0.4 is 10.9 Å². The summed E-state index contributed by atoms with van der Waals surface area (Å²) in [6.07, 6.45) is 1.20. The number of carbonyl (C=O) groups excluding carboxylic acids is 2. The average Bonchev–Trinajstić information content (AvgIpc) is 3.18. The molecule has 0 aliphatic carbocycles. The molecular weight excluding hydrogens is 386 g/mol. The van der Waals surface area contributed by atoms with Gasteiger partial charge in [0, 0.05) is 24.0 Å². The third-order valence-electron chi connectivity index (χ3n) is 4.56. The van der Waals surface area contributed by atoms with E-state index in [0.29, 0.717) is 29.6 Å². The SMILES string of the molecule is CCCn1nc(C(=O)OC(C)C(=O)Nc2ccnn2C(C)C)c2ccccc2c1=O. The number of rotatable bonds is 7. The predicted molar refractivity (Wildman–Crippen MR) is 112 cm³/mol. The van der Waals surface area contributed by atoms with Gasteiger partial charge in [0.2, 0.25) is 0 Å². The number of amides is 1. The standard InChI is InChI=1S/C21H25N5O4/c1-5-12-25-20(28)16-9-7-6-8-15(16)18(24-25)21(29)30-14(4)19(27)23-17-10-11-22-26(17)13(2)3/h6-11,13-14H,5,12H2,1-4H3,(H,23,27). The molecule has 2 heterocycles. The summed E-state index contributed by atoms with van der Waals surface area (Å²) in [5.74, 6) is -0.744. The monoisotopic (exact) mass is 411 g/mol. The minimum absolute atomic E-state index is 0.00511. The van der Waals surface area contributed by atoms with E-state index >= 15 is 0 Å². The normalized spacial score (nSPS) is 12.2. The molecule has 30 heavy (non-hydrogen) atoms. The maximum Gasteiger partial charge on any atom is 0.360 e. The van der Waals surface area contributed by atoms with Crippen molar-refractivity contribution in [3.63, 3.8) is 0 Å². The molecule has 0 fully saturated rings. The second-order valence-corrected chi connectivity index (χ2v) is 7.21. The van der Waals surface area contributed by atoms with Crippen LogP contribution >= 0.6 is 0 Å². The molecule has 158 valence electrons. The molecule has 3 aromatic rings. The first-order chi connectivity index (χ1) is 14.3. The first kappa shape index (κ1) is 21.2. The molecule has 1 atom stereocenters. The lowest BCUT2D eigenvalue weighted by molar-refractivity contribution is -0.123. The summed E-state index contributed by atoms with van der Waals surface area (Å²) >= 11 is 0. The number of ether oxygens (including phenoxy) is 1. The Bertz CT molecular complexity index is 1130. The third kappa shape index (κ3) is 4.24. The lowest BCUT2D eigenvalue weighted by atomic mass is 10.1. The Balaban J connectivity index is 1.84. The van der Waals surface area contributed by atoms with Crippen LogP contribution in [0, 0.1) is 0 Å². The van der Waals surface area contributed by atoms with Crippen LogP contribution in [-0.2, 0) is 16.1 Å². The molecule has 3 rings (SSSR count). The Morgan fingerprint density at radius 2 is 1.83 bits per heavy atom. The van der Waals surface area contributed by atoms with Gasteiger partial charge in [0.15, 0.2) is 11.8 Å². The molecule has 2 aromatic heterocycles. The van der Waals surface area contributed by atoms with Crippen molar-refractivity contribution in [3.05, 3.63) is 52.6 Å². The number of nitrogens with one attached hydrogen (secondary N) is 1. The minimum atomic E-state index is -1.07. The lowest BCUT2D eigenvalue weighted by Gasteiger charge is -2.16. The molecule has 1 unspecified atom stereocenters. The van der Waals surface area contributed by atoms with Gasteiger partial charge in [-0.1, -0.05) is 25.1 Å². The molecule has 0 spiro atoms. The van der Waals surface area contributed by atoms with Crippen molar-refractivity contribution in [2.45, 2.75) is 52.8 Å². The third-order valence-corrected chi connectivity index (χ3v) is 4.56. The van der Waals surface area contributed by atoms with Gasteiger partial charge in [-0.3, -0.25) is 9.59 Å². The number of hydrogen-bond donors (Lipinski definition) is 1. The molecule has 0 aliphatic heterocycles. The zero-order chi connectivity index (χ0) is 21.8. The maximum absolute atomic E-state index is 12.8. The Labute approximate surface area is 173 Å². The molecule has 0 saturated heterocycles. The summed E-state index contributed by atoms with van der Waals surface area (Å²) in [6, 6.07) is 8.45. The highest BCUT2D eigenvalue weighted by Crippen LogP contribution is 2.17. The van der Waals surface area contributed by atoms with Crippen molar-refractivity contribution in [2.75, 3.05) is 5.32 Å². The molecule has 9 nitrogen and oxygen atoms in total. The first-order valence-corrected chi connectivity index (χ1v) is 9.88. The molecule has 9 heteroatoms. The highest BCUT2D eigenvalue weighted by molar-refractivity contribution is 6.03. The Morgan fingerprint density at radius 3 is 2.50 bits per heavy atom. The number of aryl methyl sites for hydroxylation is 1. The van der Waals surface area contributed by atoms with Crippen LogP contribution in [-0.4, -0.2) is 37.5 Å². The summed E-state index contributed by atoms with van der Waals surface area (Å²) < 4.78 is 8.28. The quantitative estimate of drug-likeness (QED) is 0.599. The van der Waals surface area contributed by atoms with E-state index in [0.717, 1.165) is 0 Å². The Hall–Kier alpha value is -3.49. The van der Waals surface area contributed by atoms with Gasteiger partial charge in [0.1, 0.15) is 5.82 Å². The molecule has 0 saturated carbocycles. The Morgan fingerprint density at radius 1 is 1.13 bits per heavy atom. The van der Waals surface area contributed by atoms with E-state index in [1.54, 1.807) is 41.2 Å². The smallest absolute Gasteiger partial charge is 0.360 e. The zero-order valence-electron chi connectivity index (χ0n) is 17.5. The van der Waals surface area contributed by atoms with Gasteiger partial charge in [-0.2, -0.15) is 10.2 Å². The number of benzene rings is 1. The average molecular weight is 411 g/mol. The van der Waals surface area contributed by atoms with Crippen molar-refractivity contribution in [1.82, 2.24) is 19.6 Å². The van der Waals surface area contributed by atoms with Gasteiger partial charge in [0.05, 0.1) is 11.6 Å². The summed E-state index contributed by atoms with van der Waals surface area (Å²) in [5.41, 5.74) is -0.262. The molecular formula is C21H25N5O4. The van der Waals surface area contributed by atoms with Gasteiger partial charge >= 0.3 is 5.97 Å². The van der Waals surface area contributed by atoms with Gasteiger partial charge in [0.25, 0.3) is 11.5 Å². The maximum atomic E-state index is 12.8. The number of aromatic nitrogens is 4. The summed E-state index contributed by atoms with van der Waals surface area (Å²) in [4.78, 5) is 37.9. The van der Waals surface area contributed by atoms with Crippen LogP contribution in [0.1, 0.15) is 50.6 Å². The topological polar surface area (TPSA) is 108 Å². The number of hydrogen-bond acceptors (Lipinski definition) is 6. The van der Waals surface area contributed by atoms with E-state index in [2.05, 4.69) is 15.5 Å². The van der Waals surface area contributed by atoms with Gasteiger partial charge in [-0.15, -0.1) is 0 Å². The van der Waals surface area contributed by atoms with Crippen LogP contribution in [0.3, 0.4) is 0 Å². The van der Waals surface area contributed by atoms with Crippen molar-refractivity contribution in [2.24, 2.45) is 0 Å². The van der Waals surface area contributed by atoms with Crippen molar-refractivity contribution in [3.8, 4) is 0 Å². The summed E-state index contributed by atoms with van der Waals surface area (Å²) in [7, 11) is 0. The van der Waals surface area contributed by atoms with E-state index in [4.69, 9.17) is 4.74 Å². The second kappa shape index (κ2) is 8.89. The summed E-state index contributed by atoms with van der Waals surface area (Å²) in [5, 5.41) is 11.8. The van der Waals surface area contributed by atoms with Crippen LogP contribution in [0.4, 0.5) is 5.82 Å². The Kier molecular flexibility index (Phi) is 6.29. The molecule has 1 N–H and O–H groups in total. The number of carbonyl (C=O) groups is 2. The second-order valence-electron chi connectivity index (χ2n) is 7.21. The fourth-order valence-electron chi connectivity index (χ4n) is 3.07. The lowest BCUT2D eigenvalue weighted by Crippen LogP contribution is -2.32. The van der Waals surface area contributed by atoms with E-state index in [1.807, 2.05) is 20.8 Å². The van der Waals surface area contributed by atoms with Crippen LogP contribution in [0.25, 0.3) is 10.8 Å². The largest absolute Gasteiger partial charge is 0.448 e. The number of nitrogens with zero attached hydrogens (tertiary/aromatic N) is 4. The van der Waals surface area contributed by atoms with Crippen LogP contribution in [0.15, 0.2) is 41.3 Å². The fourth-order valence-corrected chi connectivity index (χ4v) is 3.07. The predicted octanol–water partition coefficient (Wildman–Crippen LogP) is 2.77. The van der Waals surface area contributed by atoms with E-state index < -0.39 is 18.0 Å². The van der Waals surface area contributed by atoms with E-state index in [1.165, 1.54) is 11.6 Å². The van der Waals surface area contributed by atoms with Crippen molar-refractivity contribution in [1.29, 1.82) is 0 Å². The van der Waals surface area contributed by atoms with Gasteiger partial charge < -0.3 is 10.1 Å². The number of fused-ring (bicyclic) bond motifs is 1. The van der Waals surface area contributed by atoms with E-state index in [9.17, 15) is 14.4 Å². The van der Waals surface area contributed by atoms with Crippen molar-refractivity contribution >= 4 is 28.5 Å². The zero-order valence-corrected chi connectivity index (χ0v) is 17.5. The van der Waals surface area contributed by atoms with Crippen molar-refractivity contribution < 1.29 is 14.3 Å². The molecule has 0 aliphatic rings. The molecule has 0 radical (unpaired) electrons. The van der Waals surface area contributed by atoms with E-state index in [-0.39, 0.29) is 17.3 Å². The molecule has 1 amide bonds. The van der Waals surface area contributed by atoms with Crippen LogP contribution in [0.2, 0.25) is 0 Å². The number of anilines is 1. The molecule has 1 aromatic carbocycles. The first-order valence-electron chi connectivity index (χ1n) is 9.88. The molecule has 0 bridgehead atoms. The fraction of sp³-hybridized carbons (Fsp3) is 0.381. The highest BCUT2D eigenvalue weighted by atomic mass is 16.5. The minimum Gasteiger partial charge on any atom is -0.448 e.